The fourth-order valence-corrected chi connectivity index (χ4v) is 1.59. The molecule has 0 aliphatic rings. The van der Waals surface area contributed by atoms with E-state index in [1.165, 1.54) is 12.1 Å². The highest BCUT2D eigenvalue weighted by atomic mass is 79.9. The van der Waals surface area contributed by atoms with Gasteiger partial charge in [0.25, 0.3) is 0 Å². The second-order valence-corrected chi connectivity index (χ2v) is 5.77. The van der Waals surface area contributed by atoms with Crippen LogP contribution in [0.2, 0.25) is 0 Å². The molecule has 1 aromatic carbocycles. The molecular formula is C13H17BrFNO2. The first-order valence-electron chi connectivity index (χ1n) is 5.62. The lowest BCUT2D eigenvalue weighted by Crippen LogP contribution is -2.31. The van der Waals surface area contributed by atoms with Gasteiger partial charge in [-0.05, 0) is 44.5 Å². The van der Waals surface area contributed by atoms with Crippen LogP contribution >= 0.6 is 15.9 Å². The maximum absolute atomic E-state index is 13.0. The van der Waals surface area contributed by atoms with E-state index >= 15 is 0 Å². The molecule has 5 heteroatoms. The van der Waals surface area contributed by atoms with Crippen LogP contribution in [0.15, 0.2) is 22.7 Å². The molecule has 1 aromatic rings. The lowest BCUT2D eigenvalue weighted by molar-refractivity contribution is -0.130. The van der Waals surface area contributed by atoms with E-state index in [2.05, 4.69) is 21.2 Å². The Kier molecular flexibility index (Phi) is 5.28. The van der Waals surface area contributed by atoms with Gasteiger partial charge in [0.05, 0.1) is 5.60 Å². The first kappa shape index (κ1) is 15.1. The Morgan fingerprint density at radius 3 is 2.72 bits per heavy atom. The second kappa shape index (κ2) is 6.29. The number of amides is 1. The van der Waals surface area contributed by atoms with Crippen LogP contribution in [0.3, 0.4) is 0 Å². The van der Waals surface area contributed by atoms with Gasteiger partial charge in [-0.25, -0.2) is 4.39 Å². The average molecular weight is 318 g/mol. The van der Waals surface area contributed by atoms with Gasteiger partial charge in [-0.3, -0.25) is 4.79 Å². The summed E-state index contributed by atoms with van der Waals surface area (Å²) in [4.78, 5) is 11.5. The number of nitrogens with one attached hydrogen (secondary N) is 1. The molecule has 0 aromatic heterocycles. The van der Waals surface area contributed by atoms with Crippen LogP contribution in [0.25, 0.3) is 0 Å². The fraction of sp³-hybridized carbons (Fsp3) is 0.462. The summed E-state index contributed by atoms with van der Waals surface area (Å²) in [6.45, 7) is 5.90. The Labute approximate surface area is 115 Å². The molecule has 0 heterocycles. The molecule has 0 fully saturated rings. The molecule has 1 rings (SSSR count). The number of rotatable bonds is 4. The first-order valence-corrected chi connectivity index (χ1v) is 6.42. The normalized spacial score (nSPS) is 11.4. The van der Waals surface area contributed by atoms with Crippen molar-refractivity contribution in [2.75, 3.05) is 6.61 Å². The lowest BCUT2D eigenvalue weighted by Gasteiger charge is -2.19. The summed E-state index contributed by atoms with van der Waals surface area (Å²) in [5.41, 5.74) is 0.343. The molecule has 0 aliphatic heterocycles. The van der Waals surface area contributed by atoms with Crippen LogP contribution in [0, 0.1) is 5.82 Å². The van der Waals surface area contributed by atoms with Gasteiger partial charge in [-0.2, -0.15) is 0 Å². The second-order valence-electron chi connectivity index (χ2n) is 4.91. The van der Waals surface area contributed by atoms with E-state index in [0.29, 0.717) is 5.56 Å². The molecule has 0 bridgehead atoms. The van der Waals surface area contributed by atoms with Crippen molar-refractivity contribution in [3.05, 3.63) is 34.1 Å². The fourth-order valence-electron chi connectivity index (χ4n) is 1.21. The van der Waals surface area contributed by atoms with Crippen LogP contribution in [-0.2, 0) is 16.1 Å². The molecule has 0 atom stereocenters. The van der Waals surface area contributed by atoms with Gasteiger partial charge < -0.3 is 10.1 Å². The topological polar surface area (TPSA) is 38.3 Å². The third-order valence-corrected chi connectivity index (χ3v) is 2.89. The number of benzene rings is 1. The molecule has 0 saturated heterocycles. The Bertz CT molecular complexity index is 429. The van der Waals surface area contributed by atoms with Crippen molar-refractivity contribution >= 4 is 21.8 Å². The zero-order valence-electron chi connectivity index (χ0n) is 10.7. The van der Waals surface area contributed by atoms with E-state index in [1.807, 2.05) is 20.8 Å². The largest absolute Gasteiger partial charge is 0.366 e. The summed E-state index contributed by atoms with van der Waals surface area (Å²) in [7, 11) is 0. The van der Waals surface area contributed by atoms with Gasteiger partial charge in [0.1, 0.15) is 12.4 Å². The van der Waals surface area contributed by atoms with Gasteiger partial charge in [-0.1, -0.05) is 15.9 Å². The minimum Gasteiger partial charge on any atom is -0.366 e. The third kappa shape index (κ3) is 5.60. The van der Waals surface area contributed by atoms with Crippen molar-refractivity contribution in [3.8, 4) is 0 Å². The number of halogens is 2. The summed E-state index contributed by atoms with van der Waals surface area (Å²) in [6, 6.07) is 4.36. The Hall–Kier alpha value is -0.940. The van der Waals surface area contributed by atoms with Gasteiger partial charge in [0.15, 0.2) is 0 Å². The molecule has 1 N–H and O–H groups in total. The van der Waals surface area contributed by atoms with E-state index in [0.717, 1.165) is 4.47 Å². The molecule has 3 nitrogen and oxygen atoms in total. The minimum absolute atomic E-state index is 0.00354. The van der Waals surface area contributed by atoms with E-state index in [4.69, 9.17) is 4.74 Å². The van der Waals surface area contributed by atoms with E-state index < -0.39 is 0 Å². The Morgan fingerprint density at radius 2 is 2.11 bits per heavy atom. The molecule has 0 saturated carbocycles. The van der Waals surface area contributed by atoms with Crippen LogP contribution in [0.1, 0.15) is 26.3 Å². The van der Waals surface area contributed by atoms with Crippen LogP contribution in [0.4, 0.5) is 4.39 Å². The van der Waals surface area contributed by atoms with Crippen molar-refractivity contribution in [1.29, 1.82) is 0 Å². The van der Waals surface area contributed by atoms with Gasteiger partial charge in [0.2, 0.25) is 5.91 Å². The highest BCUT2D eigenvalue weighted by Crippen LogP contribution is 2.17. The van der Waals surface area contributed by atoms with E-state index in [1.54, 1.807) is 6.07 Å². The Balaban J connectivity index is 2.45. The number of carbonyl (C=O) groups is 1. The summed E-state index contributed by atoms with van der Waals surface area (Å²) >= 11 is 3.30. The highest BCUT2D eigenvalue weighted by molar-refractivity contribution is 9.10. The molecule has 0 radical (unpaired) electrons. The van der Waals surface area contributed by atoms with Crippen molar-refractivity contribution in [1.82, 2.24) is 5.32 Å². The highest BCUT2D eigenvalue weighted by Gasteiger charge is 2.13. The van der Waals surface area contributed by atoms with Crippen molar-refractivity contribution < 1.29 is 13.9 Å². The minimum atomic E-state index is -0.350. The summed E-state index contributed by atoms with van der Waals surface area (Å²) in [5, 5.41) is 2.68. The Morgan fingerprint density at radius 1 is 1.44 bits per heavy atom. The predicted molar refractivity (Wildman–Crippen MR) is 71.7 cm³/mol. The lowest BCUT2D eigenvalue weighted by atomic mass is 10.2. The van der Waals surface area contributed by atoms with Crippen molar-refractivity contribution in [3.63, 3.8) is 0 Å². The summed E-state index contributed by atoms with van der Waals surface area (Å²) in [5.74, 6) is -0.547. The van der Waals surface area contributed by atoms with Crippen LogP contribution in [0.5, 0.6) is 0 Å². The van der Waals surface area contributed by atoms with Gasteiger partial charge >= 0.3 is 0 Å². The van der Waals surface area contributed by atoms with Crippen molar-refractivity contribution in [2.45, 2.75) is 32.9 Å². The average Bonchev–Trinajstić information content (AvgIpc) is 2.26. The van der Waals surface area contributed by atoms with Crippen LogP contribution in [-0.4, -0.2) is 18.1 Å². The first-order chi connectivity index (χ1) is 8.28. The number of hydrogen-bond donors (Lipinski definition) is 1. The summed E-state index contributed by atoms with van der Waals surface area (Å²) in [6.07, 6.45) is 0. The molecule has 100 valence electrons. The molecule has 0 aliphatic carbocycles. The molecule has 18 heavy (non-hydrogen) atoms. The third-order valence-electron chi connectivity index (χ3n) is 2.12. The van der Waals surface area contributed by atoms with Gasteiger partial charge in [-0.15, -0.1) is 0 Å². The zero-order valence-corrected chi connectivity index (χ0v) is 12.3. The standard InChI is InChI=1S/C13H17BrFNO2/c1-13(2,3)18-8-12(17)16-7-9-6-10(15)4-5-11(9)14/h4-6H,7-8H2,1-3H3,(H,16,17). The van der Waals surface area contributed by atoms with Gasteiger partial charge in [0, 0.05) is 11.0 Å². The number of hydrogen-bond acceptors (Lipinski definition) is 2. The molecule has 0 unspecified atom stereocenters. The number of ether oxygens (including phenoxy) is 1. The van der Waals surface area contributed by atoms with E-state index in [9.17, 15) is 9.18 Å². The number of carbonyl (C=O) groups excluding carboxylic acids is 1. The summed E-state index contributed by atoms with van der Waals surface area (Å²) < 4.78 is 19.1. The maximum Gasteiger partial charge on any atom is 0.246 e. The predicted octanol–water partition coefficient (Wildman–Crippen LogP) is 3.02. The van der Waals surface area contributed by atoms with Crippen LogP contribution < -0.4 is 5.32 Å². The van der Waals surface area contributed by atoms with E-state index in [-0.39, 0.29) is 30.5 Å². The zero-order chi connectivity index (χ0) is 13.8. The SMILES string of the molecule is CC(C)(C)OCC(=O)NCc1cc(F)ccc1Br. The van der Waals surface area contributed by atoms with Crippen molar-refractivity contribution in [2.24, 2.45) is 0 Å². The monoisotopic (exact) mass is 317 g/mol. The quantitative estimate of drug-likeness (QED) is 0.927. The molecule has 0 spiro atoms. The molecular weight excluding hydrogens is 301 g/mol. The smallest absolute Gasteiger partial charge is 0.246 e. The molecule has 1 amide bonds. The maximum atomic E-state index is 13.0.